The van der Waals surface area contributed by atoms with E-state index in [9.17, 15) is 19.8 Å². The fourth-order valence-corrected chi connectivity index (χ4v) is 4.47. The molecule has 1 amide bonds. The number of likely N-dealkylation sites (tertiary alicyclic amines) is 1. The van der Waals surface area contributed by atoms with E-state index in [0.29, 0.717) is 30.1 Å². The first-order valence-electron chi connectivity index (χ1n) is 7.62. The molecule has 0 aromatic carbocycles. The van der Waals surface area contributed by atoms with Crippen LogP contribution in [0.15, 0.2) is 17.6 Å². The zero-order chi connectivity index (χ0) is 18.9. The van der Waals surface area contributed by atoms with E-state index in [4.69, 9.17) is 5.26 Å². The van der Waals surface area contributed by atoms with Crippen LogP contribution < -0.4 is 0 Å². The van der Waals surface area contributed by atoms with Crippen LogP contribution in [0.1, 0.15) is 24.1 Å². The number of alkyl halides is 1. The number of hydrogen-bond donors (Lipinski definition) is 2. The van der Waals surface area contributed by atoms with E-state index in [1.54, 1.807) is 5.38 Å². The van der Waals surface area contributed by atoms with Crippen LogP contribution in [0.3, 0.4) is 0 Å². The van der Waals surface area contributed by atoms with Crippen molar-refractivity contribution in [2.75, 3.05) is 6.54 Å². The van der Waals surface area contributed by atoms with Crippen molar-refractivity contribution in [2.45, 2.75) is 22.8 Å². The van der Waals surface area contributed by atoms with E-state index in [2.05, 4.69) is 9.97 Å². The Morgan fingerprint density at radius 1 is 1.50 bits per heavy atom. The van der Waals surface area contributed by atoms with Crippen LogP contribution in [0.25, 0.3) is 10.7 Å². The molecule has 1 saturated heterocycles. The van der Waals surface area contributed by atoms with Gasteiger partial charge in [0.05, 0.1) is 17.7 Å². The lowest BCUT2D eigenvalue weighted by Crippen LogP contribution is -2.48. The number of carboxylic acids is 1. The van der Waals surface area contributed by atoms with Crippen molar-refractivity contribution in [1.29, 1.82) is 5.26 Å². The van der Waals surface area contributed by atoms with Crippen LogP contribution in [0.5, 0.6) is 5.75 Å². The molecule has 3 rings (SSSR count). The lowest BCUT2D eigenvalue weighted by atomic mass is 10.2. The second-order valence-electron chi connectivity index (χ2n) is 5.74. The molecule has 1 unspecified atom stereocenters. The Bertz CT molecular complexity index is 925. The Labute approximate surface area is 166 Å². The summed E-state index contributed by atoms with van der Waals surface area (Å²) in [5.41, 5.74) is 0.957. The average Bonchev–Trinajstić information content (AvgIpc) is 3.22. The summed E-state index contributed by atoms with van der Waals surface area (Å²) in [4.78, 5) is 33.8. The van der Waals surface area contributed by atoms with Gasteiger partial charge < -0.3 is 15.1 Å². The molecular weight excluding hydrogens is 471 g/mol. The molecule has 0 radical (unpaired) electrons. The zero-order valence-corrected chi connectivity index (χ0v) is 16.3. The zero-order valence-electron chi connectivity index (χ0n) is 13.3. The van der Waals surface area contributed by atoms with Crippen molar-refractivity contribution >= 4 is 45.8 Å². The molecular formula is C16H13IN4O4S. The predicted molar refractivity (Wildman–Crippen MR) is 101 cm³/mol. The summed E-state index contributed by atoms with van der Waals surface area (Å²) in [6.45, 7) is 0.406. The van der Waals surface area contributed by atoms with E-state index in [0.717, 1.165) is 0 Å². The standard InChI is InChI=1S/C16H13IN4O4S/c17-16(15(24)25)2-1-3-21(16)12(23)5-10-8-26-14(20-10)13-11(22)4-9(6-18)7-19-13/h4,7-8,22H,1-3,5H2,(H,24,25). The van der Waals surface area contributed by atoms with Gasteiger partial charge in [-0.05, 0) is 35.4 Å². The molecule has 0 bridgehead atoms. The number of pyridine rings is 1. The smallest absolute Gasteiger partial charge is 0.340 e. The maximum atomic E-state index is 12.6. The summed E-state index contributed by atoms with van der Waals surface area (Å²) in [7, 11) is 0. The monoisotopic (exact) mass is 484 g/mol. The second-order valence-corrected chi connectivity index (χ2v) is 8.38. The molecule has 1 aliphatic heterocycles. The third-order valence-corrected chi connectivity index (χ3v) is 6.51. The maximum Gasteiger partial charge on any atom is 0.340 e. The number of halogens is 1. The van der Waals surface area contributed by atoms with E-state index in [1.807, 2.05) is 28.7 Å². The van der Waals surface area contributed by atoms with Crippen molar-refractivity contribution in [3.63, 3.8) is 0 Å². The molecule has 1 fully saturated rings. The fourth-order valence-electron chi connectivity index (χ4n) is 2.75. The van der Waals surface area contributed by atoms with E-state index in [-0.39, 0.29) is 29.3 Å². The highest BCUT2D eigenvalue weighted by molar-refractivity contribution is 14.1. The number of amides is 1. The van der Waals surface area contributed by atoms with Gasteiger partial charge in [-0.25, -0.2) is 14.8 Å². The average molecular weight is 484 g/mol. The van der Waals surface area contributed by atoms with Crippen LogP contribution in [-0.2, 0) is 16.0 Å². The molecule has 10 heteroatoms. The van der Waals surface area contributed by atoms with Gasteiger partial charge in [-0.1, -0.05) is 0 Å². The van der Waals surface area contributed by atoms with Crippen molar-refractivity contribution in [2.24, 2.45) is 0 Å². The number of aromatic nitrogens is 2. The first-order chi connectivity index (χ1) is 12.3. The minimum atomic E-state index is -1.21. The summed E-state index contributed by atoms with van der Waals surface area (Å²) in [6, 6.07) is 3.19. The number of aromatic hydroxyl groups is 1. The van der Waals surface area contributed by atoms with Gasteiger partial charge in [0.1, 0.15) is 22.5 Å². The third kappa shape index (κ3) is 3.36. The topological polar surface area (TPSA) is 127 Å². The third-order valence-electron chi connectivity index (χ3n) is 4.03. The number of aliphatic carboxylic acids is 1. The lowest BCUT2D eigenvalue weighted by Gasteiger charge is -2.29. The molecule has 0 saturated carbocycles. The predicted octanol–water partition coefficient (Wildman–Crippen LogP) is 2.16. The van der Waals surface area contributed by atoms with Crippen LogP contribution in [-0.4, -0.2) is 47.0 Å². The van der Waals surface area contributed by atoms with Crippen molar-refractivity contribution in [1.82, 2.24) is 14.9 Å². The summed E-state index contributed by atoms with van der Waals surface area (Å²) < 4.78 is -1.21. The number of carboxylic acid groups (broad SMARTS) is 1. The largest absolute Gasteiger partial charge is 0.506 e. The van der Waals surface area contributed by atoms with Crippen LogP contribution in [0.4, 0.5) is 0 Å². The van der Waals surface area contributed by atoms with Gasteiger partial charge in [0, 0.05) is 24.2 Å². The lowest BCUT2D eigenvalue weighted by molar-refractivity contribution is -0.149. The molecule has 1 aliphatic rings. The van der Waals surface area contributed by atoms with Gasteiger partial charge in [0.25, 0.3) is 0 Å². The molecule has 26 heavy (non-hydrogen) atoms. The van der Waals surface area contributed by atoms with Gasteiger partial charge in [0.15, 0.2) is 3.55 Å². The van der Waals surface area contributed by atoms with Gasteiger partial charge >= 0.3 is 5.97 Å². The number of nitrogens with zero attached hydrogens (tertiary/aromatic N) is 4. The van der Waals surface area contributed by atoms with Crippen LogP contribution >= 0.6 is 33.9 Å². The highest BCUT2D eigenvalue weighted by Crippen LogP contribution is 2.37. The second kappa shape index (κ2) is 7.16. The number of thiazole rings is 1. The van der Waals surface area contributed by atoms with E-state index < -0.39 is 9.51 Å². The summed E-state index contributed by atoms with van der Waals surface area (Å²) in [5.74, 6) is -1.48. The summed E-state index contributed by atoms with van der Waals surface area (Å²) >= 11 is 3.03. The van der Waals surface area contributed by atoms with Gasteiger partial charge in [-0.3, -0.25) is 4.79 Å². The van der Waals surface area contributed by atoms with Crippen LogP contribution in [0.2, 0.25) is 0 Å². The van der Waals surface area contributed by atoms with Crippen molar-refractivity contribution in [3.05, 3.63) is 28.9 Å². The first kappa shape index (κ1) is 18.5. The fraction of sp³-hybridized carbons (Fsp3) is 0.312. The SMILES string of the molecule is N#Cc1cnc(-c2nc(CC(=O)N3CCCC3(I)C(=O)O)cs2)c(O)c1. The maximum absolute atomic E-state index is 12.6. The number of hydrogen-bond acceptors (Lipinski definition) is 7. The molecule has 2 aromatic rings. The normalized spacial score (nSPS) is 19.3. The summed E-state index contributed by atoms with van der Waals surface area (Å²) in [6.07, 6.45) is 2.38. The molecule has 0 spiro atoms. The molecule has 0 aliphatic carbocycles. The Morgan fingerprint density at radius 2 is 2.27 bits per heavy atom. The number of carbonyl (C=O) groups excluding carboxylic acids is 1. The van der Waals surface area contributed by atoms with Crippen molar-refractivity contribution < 1.29 is 19.8 Å². The molecule has 2 N–H and O–H groups in total. The number of nitriles is 1. The molecule has 2 aromatic heterocycles. The minimum absolute atomic E-state index is 0.0222. The van der Waals surface area contributed by atoms with Gasteiger partial charge in [0.2, 0.25) is 5.91 Å². The van der Waals surface area contributed by atoms with Gasteiger partial charge in [-0.15, -0.1) is 11.3 Å². The van der Waals surface area contributed by atoms with Gasteiger partial charge in [-0.2, -0.15) is 5.26 Å². The van der Waals surface area contributed by atoms with E-state index in [1.165, 1.54) is 28.5 Å². The molecule has 1 atom stereocenters. The first-order valence-corrected chi connectivity index (χ1v) is 9.57. The minimum Gasteiger partial charge on any atom is -0.506 e. The molecule has 3 heterocycles. The van der Waals surface area contributed by atoms with E-state index >= 15 is 0 Å². The Hall–Kier alpha value is -2.26. The molecule has 8 nitrogen and oxygen atoms in total. The number of rotatable bonds is 4. The Balaban J connectivity index is 1.78. The number of carbonyl (C=O) groups is 2. The van der Waals surface area contributed by atoms with Crippen molar-refractivity contribution in [3.8, 4) is 22.5 Å². The Morgan fingerprint density at radius 3 is 2.92 bits per heavy atom. The molecule has 134 valence electrons. The summed E-state index contributed by atoms with van der Waals surface area (Å²) in [5, 5.41) is 30.3. The highest BCUT2D eigenvalue weighted by Gasteiger charge is 2.47. The quantitative estimate of drug-likeness (QED) is 0.387. The highest BCUT2D eigenvalue weighted by atomic mass is 127. The Kier molecular flexibility index (Phi) is 5.10. The van der Waals surface area contributed by atoms with Crippen LogP contribution in [0, 0.1) is 11.3 Å².